The van der Waals surface area contributed by atoms with Gasteiger partial charge < -0.3 is 21.1 Å². The highest BCUT2D eigenvalue weighted by Crippen LogP contribution is 2.24. The number of ether oxygens (including phenoxy) is 1. The molecule has 2 atom stereocenters. The molecule has 1 heterocycles. The lowest BCUT2D eigenvalue weighted by Gasteiger charge is -2.17. The first-order valence-electron chi connectivity index (χ1n) is 7.86. The van der Waals surface area contributed by atoms with Gasteiger partial charge in [-0.25, -0.2) is 8.42 Å². The highest BCUT2D eigenvalue weighted by Gasteiger charge is 2.36. The predicted octanol–water partition coefficient (Wildman–Crippen LogP) is 2.75. The first-order chi connectivity index (χ1) is 12.3. The minimum atomic E-state index is -3.11. The molecular weight excluding hydrogens is 394 g/mol. The van der Waals surface area contributed by atoms with Crippen LogP contribution in [0.3, 0.4) is 0 Å². The van der Waals surface area contributed by atoms with Crippen molar-refractivity contribution in [2.45, 2.75) is 11.4 Å². The molecule has 1 aliphatic rings. The number of alkyl halides is 1. The van der Waals surface area contributed by atoms with Crippen molar-refractivity contribution in [2.24, 2.45) is 0 Å². The highest BCUT2D eigenvalue weighted by atomic mass is 35.5. The Bertz CT molecular complexity index is 886. The summed E-state index contributed by atoms with van der Waals surface area (Å²) in [6, 6.07) is 13.9. The summed E-state index contributed by atoms with van der Waals surface area (Å²) in [6.45, 7) is 0. The fourth-order valence-corrected chi connectivity index (χ4v) is 5.37. The maximum Gasteiger partial charge on any atom is 0.171 e. The summed E-state index contributed by atoms with van der Waals surface area (Å²) in [4.78, 5) is 0. The first kappa shape index (κ1) is 18.8. The molecule has 0 saturated carbocycles. The Morgan fingerprint density at radius 2 is 1.65 bits per heavy atom. The fourth-order valence-electron chi connectivity index (χ4n) is 2.55. The third-order valence-corrected chi connectivity index (χ3v) is 6.42. The lowest BCUT2D eigenvalue weighted by molar-refractivity contribution is 0.483. The summed E-state index contributed by atoms with van der Waals surface area (Å²) in [5, 5.41) is 5.80. The van der Waals surface area contributed by atoms with Gasteiger partial charge in [0.2, 0.25) is 0 Å². The molecule has 4 N–H and O–H groups in total. The second-order valence-electron chi connectivity index (χ2n) is 5.99. The number of nitrogens with two attached hydrogens (primary N) is 1. The maximum atomic E-state index is 11.6. The van der Waals surface area contributed by atoms with Gasteiger partial charge in [0, 0.05) is 11.4 Å². The van der Waals surface area contributed by atoms with Crippen LogP contribution in [-0.2, 0) is 9.84 Å². The Labute approximate surface area is 162 Å². The van der Waals surface area contributed by atoms with Gasteiger partial charge in [0.1, 0.15) is 11.5 Å². The Hall–Kier alpha value is -2.03. The van der Waals surface area contributed by atoms with Crippen molar-refractivity contribution in [3.63, 3.8) is 0 Å². The SMILES string of the molecule is Nc1ccc(Oc2ccc(NC(=S)NC3CS(=O)(=O)CC3Cl)cc2)cc1. The zero-order valence-electron chi connectivity index (χ0n) is 13.7. The van der Waals surface area contributed by atoms with E-state index in [1.807, 2.05) is 12.1 Å². The van der Waals surface area contributed by atoms with E-state index in [-0.39, 0.29) is 11.5 Å². The standard InChI is InChI=1S/C17H18ClN3O3S2/c18-15-9-26(22,23)10-16(15)21-17(25)20-12-3-7-14(8-4-12)24-13-5-1-11(19)2-6-13/h1-8,15-16H,9-10,19H2,(H2,20,21,25). The summed E-state index contributed by atoms with van der Waals surface area (Å²) in [7, 11) is -3.11. The number of nitrogen functional groups attached to an aromatic ring is 1. The van der Waals surface area contributed by atoms with Gasteiger partial charge in [-0.05, 0) is 60.7 Å². The van der Waals surface area contributed by atoms with Crippen molar-refractivity contribution < 1.29 is 13.2 Å². The van der Waals surface area contributed by atoms with Gasteiger partial charge in [-0.3, -0.25) is 0 Å². The Kier molecular flexibility index (Phi) is 5.55. The van der Waals surface area contributed by atoms with E-state index in [0.29, 0.717) is 22.3 Å². The normalized spacial score (nSPS) is 21.1. The number of nitrogens with one attached hydrogen (secondary N) is 2. The number of hydrogen-bond donors (Lipinski definition) is 3. The lowest BCUT2D eigenvalue weighted by atomic mass is 10.2. The van der Waals surface area contributed by atoms with Crippen LogP contribution in [0.2, 0.25) is 0 Å². The maximum absolute atomic E-state index is 11.6. The van der Waals surface area contributed by atoms with E-state index in [0.717, 1.165) is 5.69 Å². The summed E-state index contributed by atoms with van der Waals surface area (Å²) in [5.74, 6) is 1.30. The number of halogens is 1. The van der Waals surface area contributed by atoms with Crippen LogP contribution in [0, 0.1) is 0 Å². The second kappa shape index (κ2) is 7.69. The third kappa shape index (κ3) is 5.00. The van der Waals surface area contributed by atoms with Crippen molar-refractivity contribution in [1.82, 2.24) is 5.32 Å². The first-order valence-corrected chi connectivity index (χ1v) is 10.5. The molecule has 2 aromatic carbocycles. The number of anilines is 2. The molecule has 1 fully saturated rings. The average molecular weight is 412 g/mol. The summed E-state index contributed by atoms with van der Waals surface area (Å²) in [6.07, 6.45) is 0. The minimum Gasteiger partial charge on any atom is -0.457 e. The van der Waals surface area contributed by atoms with Crippen LogP contribution in [0.1, 0.15) is 0 Å². The van der Waals surface area contributed by atoms with E-state index in [4.69, 9.17) is 34.3 Å². The Morgan fingerprint density at radius 3 is 2.19 bits per heavy atom. The predicted molar refractivity (Wildman–Crippen MR) is 109 cm³/mol. The van der Waals surface area contributed by atoms with E-state index < -0.39 is 21.3 Å². The molecule has 2 unspecified atom stereocenters. The third-order valence-electron chi connectivity index (χ3n) is 3.83. The van der Waals surface area contributed by atoms with Gasteiger partial charge in [-0.15, -0.1) is 11.6 Å². The van der Waals surface area contributed by atoms with Gasteiger partial charge in [-0.2, -0.15) is 0 Å². The number of thiocarbonyl (C=S) groups is 1. The van der Waals surface area contributed by atoms with Crippen LogP contribution < -0.4 is 21.1 Å². The molecular formula is C17H18ClN3O3S2. The zero-order chi connectivity index (χ0) is 18.7. The summed E-state index contributed by atoms with van der Waals surface area (Å²) in [5.41, 5.74) is 7.07. The molecule has 0 aliphatic carbocycles. The van der Waals surface area contributed by atoms with Crippen LogP contribution in [0.15, 0.2) is 48.5 Å². The Balaban J connectivity index is 1.55. The number of benzene rings is 2. The molecule has 0 aromatic heterocycles. The average Bonchev–Trinajstić information content (AvgIpc) is 2.83. The fraction of sp³-hybridized carbons (Fsp3) is 0.235. The molecule has 138 valence electrons. The molecule has 0 radical (unpaired) electrons. The number of sulfone groups is 1. The topological polar surface area (TPSA) is 93.4 Å². The van der Waals surface area contributed by atoms with Gasteiger partial charge in [0.05, 0.1) is 22.9 Å². The van der Waals surface area contributed by atoms with Crippen LogP contribution >= 0.6 is 23.8 Å². The number of rotatable bonds is 4. The van der Waals surface area contributed by atoms with E-state index in [1.165, 1.54) is 0 Å². The molecule has 1 saturated heterocycles. The van der Waals surface area contributed by atoms with E-state index >= 15 is 0 Å². The van der Waals surface area contributed by atoms with Crippen molar-refractivity contribution in [3.05, 3.63) is 48.5 Å². The minimum absolute atomic E-state index is 0.0165. The van der Waals surface area contributed by atoms with Crippen LogP contribution in [0.25, 0.3) is 0 Å². The highest BCUT2D eigenvalue weighted by molar-refractivity contribution is 7.91. The molecule has 0 amide bonds. The molecule has 2 aromatic rings. The monoisotopic (exact) mass is 411 g/mol. The van der Waals surface area contributed by atoms with Crippen molar-refractivity contribution >= 4 is 50.1 Å². The van der Waals surface area contributed by atoms with Crippen molar-refractivity contribution in [3.8, 4) is 11.5 Å². The summed E-state index contributed by atoms with van der Waals surface area (Å²) < 4.78 is 28.9. The number of hydrogen-bond acceptors (Lipinski definition) is 5. The smallest absolute Gasteiger partial charge is 0.171 e. The molecule has 26 heavy (non-hydrogen) atoms. The Morgan fingerprint density at radius 1 is 1.08 bits per heavy atom. The molecule has 3 rings (SSSR count). The molecule has 9 heteroatoms. The lowest BCUT2D eigenvalue weighted by Crippen LogP contribution is -2.42. The molecule has 0 bridgehead atoms. The van der Waals surface area contributed by atoms with Gasteiger partial charge in [-0.1, -0.05) is 0 Å². The van der Waals surface area contributed by atoms with Crippen molar-refractivity contribution in [1.29, 1.82) is 0 Å². The molecule has 1 aliphatic heterocycles. The van der Waals surface area contributed by atoms with Crippen molar-refractivity contribution in [2.75, 3.05) is 22.6 Å². The van der Waals surface area contributed by atoms with Crippen LogP contribution in [0.4, 0.5) is 11.4 Å². The van der Waals surface area contributed by atoms with E-state index in [1.54, 1.807) is 36.4 Å². The van der Waals surface area contributed by atoms with Gasteiger partial charge in [0.15, 0.2) is 14.9 Å². The second-order valence-corrected chi connectivity index (χ2v) is 9.12. The van der Waals surface area contributed by atoms with E-state index in [9.17, 15) is 8.42 Å². The van der Waals surface area contributed by atoms with E-state index in [2.05, 4.69) is 10.6 Å². The molecule has 0 spiro atoms. The quantitative estimate of drug-likeness (QED) is 0.404. The molecule has 6 nitrogen and oxygen atoms in total. The van der Waals surface area contributed by atoms with Gasteiger partial charge >= 0.3 is 0 Å². The van der Waals surface area contributed by atoms with Gasteiger partial charge in [0.25, 0.3) is 0 Å². The van der Waals surface area contributed by atoms with Crippen LogP contribution in [0.5, 0.6) is 11.5 Å². The zero-order valence-corrected chi connectivity index (χ0v) is 16.1. The van der Waals surface area contributed by atoms with Crippen LogP contribution in [-0.4, -0.2) is 36.5 Å². The summed E-state index contributed by atoms with van der Waals surface area (Å²) >= 11 is 11.3. The largest absolute Gasteiger partial charge is 0.457 e.